The Morgan fingerprint density at radius 2 is 1.29 bits per heavy atom. The molecule has 1 aliphatic heterocycles. The van der Waals surface area contributed by atoms with E-state index in [-0.39, 0.29) is 0 Å². The maximum atomic E-state index is 3.48. The predicted molar refractivity (Wildman–Crippen MR) is 106 cm³/mol. The third-order valence-electron chi connectivity index (χ3n) is 4.03. The molecule has 0 aliphatic carbocycles. The maximum absolute atomic E-state index is 3.48. The highest BCUT2D eigenvalue weighted by Gasteiger charge is 2.43. The van der Waals surface area contributed by atoms with Gasteiger partial charge >= 0.3 is 0 Å². The van der Waals surface area contributed by atoms with E-state index in [0.29, 0.717) is 12.1 Å². The van der Waals surface area contributed by atoms with Gasteiger partial charge in [0.25, 0.3) is 0 Å². The maximum Gasteiger partial charge on any atom is 0.0553 e. The fourth-order valence-electron chi connectivity index (χ4n) is 3.07. The second-order valence-electron chi connectivity index (χ2n) is 6.56. The molecule has 2 aromatic carbocycles. The molecule has 0 radical (unpaired) electrons. The lowest BCUT2D eigenvalue weighted by Crippen LogP contribution is -2.30. The highest BCUT2D eigenvalue weighted by atomic mass is 31.1. The minimum Gasteiger partial charge on any atom is -0.269 e. The van der Waals surface area contributed by atoms with Crippen LogP contribution < -0.4 is 0 Å². The monoisotopic (exact) mass is 333 g/mol. The summed E-state index contributed by atoms with van der Waals surface area (Å²) in [4.78, 5) is 0. The number of allylic oxidation sites excluding steroid dienone is 1. The Morgan fingerprint density at radius 1 is 0.750 bits per heavy atom. The molecular weight excluding hydrogens is 309 g/mol. The van der Waals surface area contributed by atoms with Gasteiger partial charge in [-0.15, -0.1) is 0 Å². The second-order valence-corrected chi connectivity index (χ2v) is 8.54. The van der Waals surface area contributed by atoms with Crippen LogP contribution >= 0.6 is 8.07 Å². The van der Waals surface area contributed by atoms with Gasteiger partial charge in [-0.2, -0.15) is 0 Å². The van der Waals surface area contributed by atoms with Crippen molar-refractivity contribution in [3.63, 3.8) is 0 Å². The largest absolute Gasteiger partial charge is 0.269 e. The van der Waals surface area contributed by atoms with Gasteiger partial charge in [-0.25, -0.2) is 0 Å². The molecule has 2 heteroatoms. The minimum absolute atomic E-state index is 0.399. The zero-order valence-corrected chi connectivity index (χ0v) is 15.7. The van der Waals surface area contributed by atoms with E-state index < -0.39 is 8.07 Å². The summed E-state index contributed by atoms with van der Waals surface area (Å²) < 4.78 is 2.62. The van der Waals surface area contributed by atoms with Crippen LogP contribution in [0.15, 0.2) is 66.0 Å². The third-order valence-corrected chi connectivity index (χ3v) is 6.86. The van der Waals surface area contributed by atoms with Crippen molar-refractivity contribution in [2.75, 3.05) is 0 Å². The Balaban J connectivity index is 1.95. The van der Waals surface area contributed by atoms with Crippen LogP contribution in [0.1, 0.15) is 38.8 Å². The molecule has 1 nitrogen and oxygen atoms in total. The Hall–Kier alpha value is -1.87. The van der Waals surface area contributed by atoms with Crippen LogP contribution in [0.2, 0.25) is 0 Å². The Labute approximate surface area is 147 Å². The summed E-state index contributed by atoms with van der Waals surface area (Å²) in [5.74, 6) is 6.83. The van der Waals surface area contributed by atoms with E-state index in [4.69, 9.17) is 0 Å². The van der Waals surface area contributed by atoms with Gasteiger partial charge in [-0.05, 0) is 45.4 Å². The van der Waals surface area contributed by atoms with Crippen molar-refractivity contribution in [2.45, 2.75) is 39.8 Å². The first kappa shape index (κ1) is 17.0. The zero-order valence-electron chi connectivity index (χ0n) is 14.8. The van der Waals surface area contributed by atoms with Crippen molar-refractivity contribution in [1.82, 2.24) is 4.67 Å². The van der Waals surface area contributed by atoms with E-state index >= 15 is 0 Å². The molecule has 1 heterocycles. The molecule has 0 saturated carbocycles. The molecule has 0 fully saturated rings. The molecule has 0 amide bonds. The molecule has 24 heavy (non-hydrogen) atoms. The fourth-order valence-corrected chi connectivity index (χ4v) is 5.64. The first-order valence-corrected chi connectivity index (χ1v) is 9.84. The van der Waals surface area contributed by atoms with E-state index in [0.717, 1.165) is 5.56 Å². The number of hydrogen-bond acceptors (Lipinski definition) is 1. The van der Waals surface area contributed by atoms with E-state index in [9.17, 15) is 0 Å². The molecule has 3 rings (SSSR count). The SMILES string of the molecule is CC(C)N(C(C)C)P1C(C#Cc2ccccc2)=C1c1ccccc1. The molecule has 1 aliphatic rings. The van der Waals surface area contributed by atoms with Crippen molar-refractivity contribution in [3.8, 4) is 11.8 Å². The zero-order chi connectivity index (χ0) is 17.1. The lowest BCUT2D eigenvalue weighted by atomic mass is 10.2. The molecule has 1 atom stereocenters. The Kier molecular flexibility index (Phi) is 5.20. The first-order chi connectivity index (χ1) is 11.6. The quantitative estimate of drug-likeness (QED) is 0.494. The highest BCUT2D eigenvalue weighted by molar-refractivity contribution is 7.80. The van der Waals surface area contributed by atoms with Crippen LogP contribution in [0.4, 0.5) is 0 Å². The Bertz CT molecular complexity index is 771. The molecular formula is C22H24NP. The fraction of sp³-hybridized carbons (Fsp3) is 0.273. The normalized spacial score (nSPS) is 16.5. The molecule has 0 bridgehead atoms. The van der Waals surface area contributed by atoms with Gasteiger partial charge in [0.1, 0.15) is 0 Å². The van der Waals surface area contributed by atoms with Crippen LogP contribution in [-0.4, -0.2) is 16.8 Å². The van der Waals surface area contributed by atoms with Gasteiger partial charge in [0.05, 0.1) is 5.31 Å². The molecule has 2 aromatic rings. The molecule has 122 valence electrons. The Morgan fingerprint density at radius 3 is 1.83 bits per heavy atom. The number of benzene rings is 2. The summed E-state index contributed by atoms with van der Waals surface area (Å²) in [5.41, 5.74) is 2.41. The van der Waals surface area contributed by atoms with Gasteiger partial charge in [0.15, 0.2) is 0 Å². The van der Waals surface area contributed by atoms with E-state index in [1.807, 2.05) is 18.2 Å². The smallest absolute Gasteiger partial charge is 0.0553 e. The molecule has 1 unspecified atom stereocenters. The minimum atomic E-state index is -0.399. The summed E-state index contributed by atoms with van der Waals surface area (Å²) in [6.07, 6.45) is 0. The second kappa shape index (κ2) is 7.35. The van der Waals surface area contributed by atoms with Crippen LogP contribution in [-0.2, 0) is 0 Å². The topological polar surface area (TPSA) is 3.24 Å². The lowest BCUT2D eigenvalue weighted by molar-refractivity contribution is 0.329. The summed E-state index contributed by atoms with van der Waals surface area (Å²) >= 11 is 0. The highest BCUT2D eigenvalue weighted by Crippen LogP contribution is 2.76. The van der Waals surface area contributed by atoms with E-state index in [1.165, 1.54) is 16.2 Å². The van der Waals surface area contributed by atoms with Gasteiger partial charge in [0.2, 0.25) is 0 Å². The van der Waals surface area contributed by atoms with Crippen molar-refractivity contribution in [1.29, 1.82) is 0 Å². The molecule has 0 aromatic heterocycles. The summed E-state index contributed by atoms with van der Waals surface area (Å²) in [7, 11) is -0.399. The van der Waals surface area contributed by atoms with E-state index in [2.05, 4.69) is 86.7 Å². The first-order valence-electron chi connectivity index (χ1n) is 8.54. The van der Waals surface area contributed by atoms with Crippen molar-refractivity contribution >= 4 is 13.4 Å². The van der Waals surface area contributed by atoms with Gasteiger partial charge in [-0.3, -0.25) is 4.67 Å². The molecule has 0 saturated heterocycles. The summed E-state index contributed by atoms with van der Waals surface area (Å²) in [6.45, 7) is 9.13. The average Bonchev–Trinajstić information content (AvgIpc) is 3.27. The van der Waals surface area contributed by atoms with Crippen LogP contribution in [0.3, 0.4) is 0 Å². The summed E-state index contributed by atoms with van der Waals surface area (Å²) in [6, 6.07) is 22.0. The van der Waals surface area contributed by atoms with Crippen molar-refractivity contribution in [2.24, 2.45) is 0 Å². The van der Waals surface area contributed by atoms with Crippen LogP contribution in [0.5, 0.6) is 0 Å². The third kappa shape index (κ3) is 3.62. The van der Waals surface area contributed by atoms with E-state index in [1.54, 1.807) is 0 Å². The predicted octanol–water partition coefficient (Wildman–Crippen LogP) is 5.94. The van der Waals surface area contributed by atoms with Crippen molar-refractivity contribution in [3.05, 3.63) is 77.1 Å². The standard InChI is InChI=1S/C22H24NP/c1-17(2)23(18(3)4)24-21(16-15-19-11-7-5-8-12-19)22(24)20-13-9-6-10-14-20/h5-14,17-18H,1-4H3. The van der Waals surface area contributed by atoms with Crippen molar-refractivity contribution < 1.29 is 0 Å². The van der Waals surface area contributed by atoms with Crippen LogP contribution in [0.25, 0.3) is 5.31 Å². The summed E-state index contributed by atoms with van der Waals surface area (Å²) in [5, 5.41) is 2.79. The lowest BCUT2D eigenvalue weighted by Gasteiger charge is -2.31. The molecule has 0 N–H and O–H groups in total. The van der Waals surface area contributed by atoms with Gasteiger partial charge in [-0.1, -0.05) is 60.4 Å². The number of hydrogen-bond donors (Lipinski definition) is 0. The number of nitrogens with zero attached hydrogens (tertiary/aromatic N) is 1. The van der Waals surface area contributed by atoms with Gasteiger partial charge < -0.3 is 0 Å². The van der Waals surface area contributed by atoms with Crippen LogP contribution in [0, 0.1) is 11.8 Å². The molecule has 0 spiro atoms. The number of rotatable bonds is 4. The average molecular weight is 333 g/mol. The van der Waals surface area contributed by atoms with Gasteiger partial charge in [0, 0.05) is 31.0 Å².